The summed E-state index contributed by atoms with van der Waals surface area (Å²) in [6, 6.07) is 9.85. The van der Waals surface area contributed by atoms with Gasteiger partial charge in [-0.2, -0.15) is 0 Å². The highest BCUT2D eigenvalue weighted by molar-refractivity contribution is 6.45. The molecule has 1 amide bonds. The number of carbonyl (C=O) groups is 2. The highest BCUT2D eigenvalue weighted by Crippen LogP contribution is 2.32. The monoisotopic (exact) mass is 483 g/mol. The van der Waals surface area contributed by atoms with E-state index in [1.165, 1.54) is 0 Å². The fourth-order valence-corrected chi connectivity index (χ4v) is 4.35. The van der Waals surface area contributed by atoms with Crippen molar-refractivity contribution in [2.24, 2.45) is 0 Å². The van der Waals surface area contributed by atoms with Gasteiger partial charge >= 0.3 is 0 Å². The number of amides is 1. The summed E-state index contributed by atoms with van der Waals surface area (Å²) in [6.45, 7) is 8.57. The standard InChI is InChI=1S/C27H29N7O2/c1-16(2)19-14-30-24(18-6-4-17(3)5-7-18)33-25(19)32-21-8-9-29-26-22(21)20(15-31-26)23(35)27(36)34-12-10-28-11-13-34/h4-9,14-16,28H,10-13H2,1-3H3,(H2,29,30,31,32,33). The summed E-state index contributed by atoms with van der Waals surface area (Å²) >= 11 is 0. The second-order valence-corrected chi connectivity index (χ2v) is 9.30. The first kappa shape index (κ1) is 23.6. The molecule has 36 heavy (non-hydrogen) atoms. The fourth-order valence-electron chi connectivity index (χ4n) is 4.35. The van der Waals surface area contributed by atoms with E-state index in [0.29, 0.717) is 60.1 Å². The second-order valence-electron chi connectivity index (χ2n) is 9.30. The van der Waals surface area contributed by atoms with Crippen LogP contribution in [0.5, 0.6) is 0 Å². The molecule has 1 aliphatic rings. The average Bonchev–Trinajstić information content (AvgIpc) is 3.34. The van der Waals surface area contributed by atoms with Crippen LogP contribution in [0.2, 0.25) is 0 Å². The van der Waals surface area contributed by atoms with Gasteiger partial charge in [0.1, 0.15) is 11.5 Å². The van der Waals surface area contributed by atoms with Crippen LogP contribution in [0.25, 0.3) is 22.4 Å². The number of nitrogens with zero attached hydrogens (tertiary/aromatic N) is 4. The first-order valence-electron chi connectivity index (χ1n) is 12.1. The molecular formula is C27H29N7O2. The molecule has 184 valence electrons. The Hall–Kier alpha value is -4.11. The molecule has 3 aromatic heterocycles. The summed E-state index contributed by atoms with van der Waals surface area (Å²) in [6.07, 6.45) is 5.06. The summed E-state index contributed by atoms with van der Waals surface area (Å²) in [5, 5.41) is 7.19. The normalized spacial score (nSPS) is 13.8. The lowest BCUT2D eigenvalue weighted by Gasteiger charge is -2.26. The summed E-state index contributed by atoms with van der Waals surface area (Å²) in [5.41, 5.74) is 4.48. The van der Waals surface area contributed by atoms with Crippen LogP contribution in [-0.2, 0) is 4.79 Å². The van der Waals surface area contributed by atoms with Crippen LogP contribution >= 0.6 is 0 Å². The first-order valence-corrected chi connectivity index (χ1v) is 12.1. The zero-order chi connectivity index (χ0) is 25.2. The minimum absolute atomic E-state index is 0.165. The number of fused-ring (bicyclic) bond motifs is 1. The molecule has 1 aromatic carbocycles. The van der Waals surface area contributed by atoms with Crippen LogP contribution in [-0.4, -0.2) is 62.7 Å². The Morgan fingerprint density at radius 1 is 1.06 bits per heavy atom. The molecule has 4 heterocycles. The second kappa shape index (κ2) is 9.87. The molecule has 5 rings (SSSR count). The molecule has 4 aromatic rings. The van der Waals surface area contributed by atoms with E-state index in [1.807, 2.05) is 37.4 Å². The maximum absolute atomic E-state index is 13.3. The number of pyridine rings is 1. The van der Waals surface area contributed by atoms with Crippen molar-refractivity contribution in [3.8, 4) is 11.4 Å². The van der Waals surface area contributed by atoms with Crippen molar-refractivity contribution >= 4 is 34.2 Å². The molecule has 9 heteroatoms. The molecule has 0 radical (unpaired) electrons. The molecular weight excluding hydrogens is 454 g/mol. The van der Waals surface area contributed by atoms with E-state index in [-0.39, 0.29) is 5.92 Å². The minimum Gasteiger partial charge on any atom is -0.345 e. The molecule has 0 bridgehead atoms. The van der Waals surface area contributed by atoms with E-state index in [2.05, 4.69) is 39.4 Å². The third kappa shape index (κ3) is 4.57. The van der Waals surface area contributed by atoms with Crippen LogP contribution < -0.4 is 10.6 Å². The molecule has 3 N–H and O–H groups in total. The number of rotatable bonds is 6. The zero-order valence-corrected chi connectivity index (χ0v) is 20.6. The number of benzene rings is 1. The molecule has 0 saturated carbocycles. The Balaban J connectivity index is 1.54. The predicted molar refractivity (Wildman–Crippen MR) is 139 cm³/mol. The van der Waals surface area contributed by atoms with Crippen LogP contribution in [0.15, 0.2) is 48.9 Å². The largest absolute Gasteiger partial charge is 0.345 e. The smallest absolute Gasteiger partial charge is 0.295 e. The van der Waals surface area contributed by atoms with E-state index in [1.54, 1.807) is 23.4 Å². The van der Waals surface area contributed by atoms with Crippen LogP contribution in [0.1, 0.15) is 41.3 Å². The van der Waals surface area contributed by atoms with E-state index in [9.17, 15) is 9.59 Å². The first-order chi connectivity index (χ1) is 17.4. The number of hydrogen-bond donors (Lipinski definition) is 3. The fraction of sp³-hybridized carbons (Fsp3) is 0.296. The van der Waals surface area contributed by atoms with Crippen molar-refractivity contribution in [1.82, 2.24) is 30.2 Å². The van der Waals surface area contributed by atoms with Crippen molar-refractivity contribution in [1.29, 1.82) is 0 Å². The van der Waals surface area contributed by atoms with Crippen molar-refractivity contribution in [3.63, 3.8) is 0 Å². The van der Waals surface area contributed by atoms with Gasteiger partial charge < -0.3 is 20.5 Å². The molecule has 1 aliphatic heterocycles. The van der Waals surface area contributed by atoms with E-state index >= 15 is 0 Å². The summed E-state index contributed by atoms with van der Waals surface area (Å²) in [7, 11) is 0. The summed E-state index contributed by atoms with van der Waals surface area (Å²) < 4.78 is 0. The van der Waals surface area contributed by atoms with Crippen molar-refractivity contribution < 1.29 is 9.59 Å². The lowest BCUT2D eigenvalue weighted by molar-refractivity contribution is -0.126. The summed E-state index contributed by atoms with van der Waals surface area (Å²) in [5.74, 6) is 0.367. The van der Waals surface area contributed by atoms with E-state index < -0.39 is 11.7 Å². The van der Waals surface area contributed by atoms with Crippen LogP contribution in [0, 0.1) is 6.92 Å². The maximum Gasteiger partial charge on any atom is 0.295 e. The number of Topliss-reactive ketones (excluding diaryl/α,β-unsaturated/α-hetero) is 1. The van der Waals surface area contributed by atoms with Gasteiger partial charge in [0.05, 0.1) is 16.6 Å². The van der Waals surface area contributed by atoms with Crippen molar-refractivity contribution in [3.05, 3.63) is 65.6 Å². The lowest BCUT2D eigenvalue weighted by atomic mass is 10.0. The van der Waals surface area contributed by atoms with Crippen molar-refractivity contribution in [2.75, 3.05) is 31.5 Å². The number of carbonyl (C=O) groups excluding carboxylic acids is 2. The topological polar surface area (TPSA) is 116 Å². The van der Waals surface area contributed by atoms with Gasteiger partial charge in [-0.05, 0) is 18.9 Å². The maximum atomic E-state index is 13.3. The Bertz CT molecular complexity index is 1420. The highest BCUT2D eigenvalue weighted by Gasteiger charge is 2.28. The number of nitrogens with one attached hydrogen (secondary N) is 3. The molecule has 1 saturated heterocycles. The quantitative estimate of drug-likeness (QED) is 0.282. The number of H-pyrrole nitrogens is 1. The average molecular weight is 484 g/mol. The number of aryl methyl sites for hydroxylation is 1. The number of anilines is 2. The van der Waals surface area contributed by atoms with Gasteiger partial charge in [-0.1, -0.05) is 43.7 Å². The third-order valence-electron chi connectivity index (χ3n) is 6.42. The SMILES string of the molecule is Cc1ccc(-c2ncc(C(C)C)c(Nc3ccnc4[nH]cc(C(=O)C(=O)N5CCNCC5)c34)n2)cc1. The Morgan fingerprint density at radius 2 is 1.81 bits per heavy atom. The number of piperazine rings is 1. The van der Waals surface area contributed by atoms with Crippen molar-refractivity contribution in [2.45, 2.75) is 26.7 Å². The van der Waals surface area contributed by atoms with Gasteiger partial charge in [-0.15, -0.1) is 0 Å². The van der Waals surface area contributed by atoms with Gasteiger partial charge in [0.15, 0.2) is 5.82 Å². The number of aromatic nitrogens is 4. The molecule has 0 spiro atoms. The Labute approximate surface area is 209 Å². The van der Waals surface area contributed by atoms with Crippen LogP contribution in [0.3, 0.4) is 0 Å². The Kier molecular flexibility index (Phi) is 6.47. The molecule has 9 nitrogen and oxygen atoms in total. The van der Waals surface area contributed by atoms with Gasteiger partial charge in [0, 0.05) is 55.9 Å². The zero-order valence-electron chi connectivity index (χ0n) is 20.6. The minimum atomic E-state index is -0.550. The predicted octanol–water partition coefficient (Wildman–Crippen LogP) is 3.81. The number of hydrogen-bond acceptors (Lipinski definition) is 7. The molecule has 0 atom stereocenters. The van der Waals surface area contributed by atoms with Gasteiger partial charge in [-0.25, -0.2) is 15.0 Å². The van der Waals surface area contributed by atoms with E-state index in [4.69, 9.17) is 4.98 Å². The van der Waals surface area contributed by atoms with Gasteiger partial charge in [0.2, 0.25) is 0 Å². The lowest BCUT2D eigenvalue weighted by Crippen LogP contribution is -2.48. The number of aromatic amines is 1. The molecule has 1 fully saturated rings. The molecule has 0 unspecified atom stereocenters. The highest BCUT2D eigenvalue weighted by atomic mass is 16.2. The van der Waals surface area contributed by atoms with Gasteiger partial charge in [-0.3, -0.25) is 9.59 Å². The van der Waals surface area contributed by atoms with Crippen LogP contribution in [0.4, 0.5) is 11.5 Å². The van der Waals surface area contributed by atoms with E-state index in [0.717, 1.165) is 16.7 Å². The summed E-state index contributed by atoms with van der Waals surface area (Å²) in [4.78, 5) is 44.7. The third-order valence-corrected chi connectivity index (χ3v) is 6.42. The Morgan fingerprint density at radius 3 is 2.53 bits per heavy atom. The number of ketones is 1. The van der Waals surface area contributed by atoms with Gasteiger partial charge in [0.25, 0.3) is 11.7 Å². The molecule has 0 aliphatic carbocycles.